The van der Waals surface area contributed by atoms with Crippen LogP contribution in [-0.4, -0.2) is 0 Å². The number of rotatable bonds is 3. The molecule has 1 nitrogen and oxygen atoms in total. The summed E-state index contributed by atoms with van der Waals surface area (Å²) < 4.78 is 14.5. The fraction of sp³-hybridized carbons (Fsp3) is 0.125. The SMILES string of the molecule is Cc1cc(F)cc(NCc2sc3ccccc3c2Cl)c1. The zero-order valence-electron chi connectivity index (χ0n) is 10.9. The van der Waals surface area contributed by atoms with Crippen LogP contribution < -0.4 is 5.32 Å². The van der Waals surface area contributed by atoms with Gasteiger partial charge in [0.15, 0.2) is 0 Å². The fourth-order valence-electron chi connectivity index (χ4n) is 2.20. The van der Waals surface area contributed by atoms with Crippen molar-refractivity contribution in [2.75, 3.05) is 5.32 Å². The number of halogens is 2. The standard InChI is InChI=1S/C16H13ClFNS/c1-10-6-11(18)8-12(7-10)19-9-15-16(17)13-4-2-3-5-14(13)20-15/h2-8,19H,9H2,1H3. The molecule has 20 heavy (non-hydrogen) atoms. The molecule has 3 rings (SSSR count). The molecule has 0 saturated carbocycles. The normalized spacial score (nSPS) is 10.9. The lowest BCUT2D eigenvalue weighted by atomic mass is 10.2. The largest absolute Gasteiger partial charge is 0.380 e. The predicted octanol–water partition coefficient (Wildman–Crippen LogP) is 5.61. The molecule has 1 heterocycles. The molecule has 0 aliphatic heterocycles. The predicted molar refractivity (Wildman–Crippen MR) is 85.3 cm³/mol. The van der Waals surface area contributed by atoms with Crippen LogP contribution in [-0.2, 0) is 6.54 Å². The Kier molecular flexibility index (Phi) is 3.64. The first-order chi connectivity index (χ1) is 9.63. The molecular formula is C16H13ClFNS. The minimum atomic E-state index is -0.227. The zero-order chi connectivity index (χ0) is 14.1. The minimum Gasteiger partial charge on any atom is -0.380 e. The van der Waals surface area contributed by atoms with Gasteiger partial charge < -0.3 is 5.32 Å². The van der Waals surface area contributed by atoms with Crippen molar-refractivity contribution < 1.29 is 4.39 Å². The van der Waals surface area contributed by atoms with Crippen LogP contribution in [0.15, 0.2) is 42.5 Å². The number of anilines is 1. The van der Waals surface area contributed by atoms with Gasteiger partial charge in [0.2, 0.25) is 0 Å². The van der Waals surface area contributed by atoms with Crippen molar-refractivity contribution >= 4 is 38.7 Å². The maximum atomic E-state index is 13.3. The lowest BCUT2D eigenvalue weighted by Gasteiger charge is -2.06. The topological polar surface area (TPSA) is 12.0 Å². The van der Waals surface area contributed by atoms with Crippen molar-refractivity contribution in [2.24, 2.45) is 0 Å². The Labute approximate surface area is 126 Å². The summed E-state index contributed by atoms with van der Waals surface area (Å²) in [6.07, 6.45) is 0. The third kappa shape index (κ3) is 2.65. The Balaban J connectivity index is 1.84. The van der Waals surface area contributed by atoms with Gasteiger partial charge in [0, 0.05) is 20.7 Å². The van der Waals surface area contributed by atoms with E-state index in [-0.39, 0.29) is 5.82 Å². The number of aryl methyl sites for hydroxylation is 1. The maximum Gasteiger partial charge on any atom is 0.125 e. The summed E-state index contributed by atoms with van der Waals surface area (Å²) in [4.78, 5) is 1.06. The molecule has 0 fully saturated rings. The summed E-state index contributed by atoms with van der Waals surface area (Å²) in [5, 5.41) is 5.09. The molecule has 0 aliphatic rings. The van der Waals surface area contributed by atoms with E-state index >= 15 is 0 Å². The molecule has 3 aromatic rings. The second-order valence-corrected chi connectivity index (χ2v) is 6.22. The summed E-state index contributed by atoms with van der Waals surface area (Å²) in [7, 11) is 0. The lowest BCUT2D eigenvalue weighted by Crippen LogP contribution is -1.98. The molecule has 4 heteroatoms. The summed E-state index contributed by atoms with van der Waals surface area (Å²) in [5.74, 6) is -0.227. The molecule has 0 amide bonds. The highest BCUT2D eigenvalue weighted by atomic mass is 35.5. The van der Waals surface area contributed by atoms with Gasteiger partial charge in [0.1, 0.15) is 5.82 Å². The van der Waals surface area contributed by atoms with Crippen LogP contribution in [0.5, 0.6) is 0 Å². The van der Waals surface area contributed by atoms with Crippen molar-refractivity contribution in [2.45, 2.75) is 13.5 Å². The Hall–Kier alpha value is -1.58. The summed E-state index contributed by atoms with van der Waals surface area (Å²) >= 11 is 8.05. The first-order valence-corrected chi connectivity index (χ1v) is 7.50. The minimum absolute atomic E-state index is 0.227. The van der Waals surface area contributed by atoms with Crippen molar-refractivity contribution in [1.82, 2.24) is 0 Å². The van der Waals surface area contributed by atoms with Gasteiger partial charge in [-0.15, -0.1) is 11.3 Å². The molecule has 102 valence electrons. The average molecular weight is 306 g/mol. The highest BCUT2D eigenvalue weighted by Gasteiger charge is 2.09. The fourth-order valence-corrected chi connectivity index (χ4v) is 3.64. The second-order valence-electron chi connectivity index (χ2n) is 4.71. The van der Waals surface area contributed by atoms with Crippen molar-refractivity contribution in [3.8, 4) is 0 Å². The van der Waals surface area contributed by atoms with Gasteiger partial charge in [0.25, 0.3) is 0 Å². The molecule has 0 atom stereocenters. The van der Waals surface area contributed by atoms with E-state index in [2.05, 4.69) is 11.4 Å². The average Bonchev–Trinajstić information content (AvgIpc) is 2.73. The molecule has 0 radical (unpaired) electrons. The molecular weight excluding hydrogens is 293 g/mol. The Morgan fingerprint density at radius 1 is 1.20 bits per heavy atom. The number of nitrogens with one attached hydrogen (secondary N) is 1. The van der Waals surface area contributed by atoms with Gasteiger partial charge in [-0.3, -0.25) is 0 Å². The zero-order valence-corrected chi connectivity index (χ0v) is 12.5. The van der Waals surface area contributed by atoms with Gasteiger partial charge in [-0.2, -0.15) is 0 Å². The highest BCUT2D eigenvalue weighted by molar-refractivity contribution is 7.19. The van der Waals surface area contributed by atoms with Gasteiger partial charge >= 0.3 is 0 Å². The summed E-state index contributed by atoms with van der Waals surface area (Å²) in [6, 6.07) is 13.0. The molecule has 1 N–H and O–H groups in total. The Morgan fingerprint density at radius 2 is 2.00 bits per heavy atom. The van der Waals surface area contributed by atoms with Crippen molar-refractivity contribution in [1.29, 1.82) is 0 Å². The van der Waals surface area contributed by atoms with Crippen LogP contribution in [0.4, 0.5) is 10.1 Å². The van der Waals surface area contributed by atoms with Crippen LogP contribution in [0.2, 0.25) is 5.02 Å². The smallest absolute Gasteiger partial charge is 0.125 e. The van der Waals surface area contributed by atoms with Crippen molar-refractivity contribution in [3.63, 3.8) is 0 Å². The molecule has 0 aliphatic carbocycles. The lowest BCUT2D eigenvalue weighted by molar-refractivity contribution is 0.627. The molecule has 0 saturated heterocycles. The number of thiophene rings is 1. The van der Waals surface area contributed by atoms with E-state index in [1.165, 1.54) is 16.8 Å². The summed E-state index contributed by atoms with van der Waals surface area (Å²) in [6.45, 7) is 2.47. The van der Waals surface area contributed by atoms with Crippen LogP contribution in [0.3, 0.4) is 0 Å². The Morgan fingerprint density at radius 3 is 2.75 bits per heavy atom. The van der Waals surface area contributed by atoms with Gasteiger partial charge in [-0.05, 0) is 36.8 Å². The molecule has 0 bridgehead atoms. The van der Waals surface area contributed by atoms with Crippen LogP contribution in [0.1, 0.15) is 10.4 Å². The number of hydrogen-bond acceptors (Lipinski definition) is 2. The van der Waals surface area contributed by atoms with Crippen LogP contribution >= 0.6 is 22.9 Å². The monoisotopic (exact) mass is 305 g/mol. The molecule has 0 unspecified atom stereocenters. The molecule has 1 aromatic heterocycles. The van der Waals surface area contributed by atoms with Gasteiger partial charge in [-0.25, -0.2) is 4.39 Å². The van der Waals surface area contributed by atoms with E-state index in [4.69, 9.17) is 11.6 Å². The number of benzene rings is 2. The van der Waals surface area contributed by atoms with Gasteiger partial charge in [-0.1, -0.05) is 29.8 Å². The Bertz CT molecular complexity index is 746. The van der Waals surface area contributed by atoms with E-state index in [1.807, 2.05) is 31.2 Å². The highest BCUT2D eigenvalue weighted by Crippen LogP contribution is 2.35. The first-order valence-electron chi connectivity index (χ1n) is 6.30. The third-order valence-corrected chi connectivity index (χ3v) is 4.81. The first kappa shape index (κ1) is 13.4. The number of hydrogen-bond donors (Lipinski definition) is 1. The van der Waals surface area contributed by atoms with E-state index in [0.717, 1.165) is 26.5 Å². The quantitative estimate of drug-likeness (QED) is 0.662. The van der Waals surface area contributed by atoms with Crippen LogP contribution in [0.25, 0.3) is 10.1 Å². The van der Waals surface area contributed by atoms with E-state index in [1.54, 1.807) is 11.3 Å². The van der Waals surface area contributed by atoms with Crippen molar-refractivity contribution in [3.05, 3.63) is 63.7 Å². The maximum absolute atomic E-state index is 13.3. The molecule has 0 spiro atoms. The number of fused-ring (bicyclic) bond motifs is 1. The van der Waals surface area contributed by atoms with Crippen LogP contribution in [0, 0.1) is 12.7 Å². The summed E-state index contributed by atoms with van der Waals surface area (Å²) in [5.41, 5.74) is 1.67. The van der Waals surface area contributed by atoms with E-state index < -0.39 is 0 Å². The van der Waals surface area contributed by atoms with E-state index in [9.17, 15) is 4.39 Å². The second kappa shape index (κ2) is 5.43. The third-order valence-electron chi connectivity index (χ3n) is 3.10. The van der Waals surface area contributed by atoms with E-state index in [0.29, 0.717) is 6.54 Å². The molecule has 2 aromatic carbocycles. The van der Waals surface area contributed by atoms with Gasteiger partial charge in [0.05, 0.1) is 11.6 Å².